The fraction of sp³-hybridized carbons (Fsp3) is 0.524. The van der Waals surface area contributed by atoms with Crippen LogP contribution in [0.2, 0.25) is 0 Å². The SMILES string of the molecule is CCNC(=NCCC(=O)N(CC)CC)NCCc1c(C)[nH]c2ccccc12. The second-order valence-electron chi connectivity index (χ2n) is 6.53. The monoisotopic (exact) mass is 371 g/mol. The number of para-hydroxylation sites is 1. The first kappa shape index (κ1) is 20.8. The van der Waals surface area contributed by atoms with E-state index in [-0.39, 0.29) is 5.91 Å². The Kier molecular flexibility index (Phi) is 8.17. The summed E-state index contributed by atoms with van der Waals surface area (Å²) in [5, 5.41) is 7.91. The first-order valence-corrected chi connectivity index (χ1v) is 9.96. The second kappa shape index (κ2) is 10.6. The minimum absolute atomic E-state index is 0.161. The molecule has 0 spiro atoms. The summed E-state index contributed by atoms with van der Waals surface area (Å²) in [7, 11) is 0. The van der Waals surface area contributed by atoms with Gasteiger partial charge in [0.2, 0.25) is 5.91 Å². The molecule has 1 heterocycles. The van der Waals surface area contributed by atoms with E-state index in [0.29, 0.717) is 13.0 Å². The number of hydrogen-bond acceptors (Lipinski definition) is 2. The van der Waals surface area contributed by atoms with Crippen LogP contribution in [0.15, 0.2) is 29.3 Å². The minimum Gasteiger partial charge on any atom is -0.358 e. The number of aliphatic imine (C=N–C) groups is 1. The Labute approximate surface area is 162 Å². The highest BCUT2D eigenvalue weighted by Gasteiger charge is 2.10. The number of benzene rings is 1. The molecule has 2 rings (SSSR count). The molecule has 0 aliphatic heterocycles. The molecule has 2 aromatic rings. The van der Waals surface area contributed by atoms with E-state index in [4.69, 9.17) is 0 Å². The van der Waals surface area contributed by atoms with Crippen LogP contribution >= 0.6 is 0 Å². The summed E-state index contributed by atoms with van der Waals surface area (Å²) in [4.78, 5) is 21.9. The van der Waals surface area contributed by atoms with Crippen molar-refractivity contribution in [3.8, 4) is 0 Å². The maximum atomic E-state index is 12.1. The van der Waals surface area contributed by atoms with E-state index in [1.54, 1.807) is 0 Å². The Hall–Kier alpha value is -2.50. The number of fused-ring (bicyclic) bond motifs is 1. The summed E-state index contributed by atoms with van der Waals surface area (Å²) in [6.45, 7) is 11.8. The molecule has 0 saturated heterocycles. The first-order valence-electron chi connectivity index (χ1n) is 9.96. The van der Waals surface area contributed by atoms with E-state index < -0.39 is 0 Å². The van der Waals surface area contributed by atoms with E-state index in [1.165, 1.54) is 22.2 Å². The fourth-order valence-electron chi connectivity index (χ4n) is 3.30. The Morgan fingerprint density at radius 3 is 2.59 bits per heavy atom. The average Bonchev–Trinajstić information content (AvgIpc) is 2.98. The minimum atomic E-state index is 0.161. The van der Waals surface area contributed by atoms with E-state index in [9.17, 15) is 4.79 Å². The Morgan fingerprint density at radius 1 is 1.15 bits per heavy atom. The van der Waals surface area contributed by atoms with E-state index in [2.05, 4.69) is 51.8 Å². The molecule has 6 heteroatoms. The molecule has 27 heavy (non-hydrogen) atoms. The molecule has 1 aromatic heterocycles. The lowest BCUT2D eigenvalue weighted by atomic mass is 10.1. The van der Waals surface area contributed by atoms with Crippen LogP contribution in [0, 0.1) is 6.92 Å². The zero-order valence-corrected chi connectivity index (χ0v) is 17.1. The van der Waals surface area contributed by atoms with Crippen molar-refractivity contribution in [2.24, 2.45) is 4.99 Å². The molecule has 3 N–H and O–H groups in total. The van der Waals surface area contributed by atoms with Crippen LogP contribution in [0.4, 0.5) is 0 Å². The third-order valence-electron chi connectivity index (χ3n) is 4.75. The standard InChI is InChI=1S/C21H33N5O/c1-5-22-21(24-15-13-20(27)26(6-2)7-3)23-14-12-17-16(4)25-19-11-9-8-10-18(17)19/h8-11,25H,5-7,12-15H2,1-4H3,(H2,22,23,24). The predicted molar refractivity (Wildman–Crippen MR) is 113 cm³/mol. The van der Waals surface area contributed by atoms with Crippen molar-refractivity contribution in [2.75, 3.05) is 32.7 Å². The third kappa shape index (κ3) is 5.74. The number of hydrogen-bond donors (Lipinski definition) is 3. The fourth-order valence-corrected chi connectivity index (χ4v) is 3.30. The highest BCUT2D eigenvalue weighted by atomic mass is 16.2. The maximum Gasteiger partial charge on any atom is 0.224 e. The molecule has 0 aliphatic rings. The lowest BCUT2D eigenvalue weighted by molar-refractivity contribution is -0.130. The van der Waals surface area contributed by atoms with Gasteiger partial charge in [-0.05, 0) is 45.7 Å². The molecule has 0 aliphatic carbocycles. The van der Waals surface area contributed by atoms with Crippen LogP contribution in [0.3, 0.4) is 0 Å². The molecule has 0 fully saturated rings. The maximum absolute atomic E-state index is 12.1. The van der Waals surface area contributed by atoms with E-state index in [1.807, 2.05) is 25.7 Å². The molecule has 0 atom stereocenters. The van der Waals surface area contributed by atoms with Gasteiger partial charge in [-0.2, -0.15) is 0 Å². The van der Waals surface area contributed by atoms with Gasteiger partial charge in [0.1, 0.15) is 0 Å². The van der Waals surface area contributed by atoms with Crippen molar-refractivity contribution in [2.45, 2.75) is 40.5 Å². The molecule has 0 radical (unpaired) electrons. The van der Waals surface area contributed by atoms with Gasteiger partial charge in [0.05, 0.1) is 6.54 Å². The van der Waals surface area contributed by atoms with Gasteiger partial charge >= 0.3 is 0 Å². The zero-order chi connectivity index (χ0) is 19.6. The zero-order valence-electron chi connectivity index (χ0n) is 17.1. The Balaban J connectivity index is 1.90. The van der Waals surface area contributed by atoms with Gasteiger partial charge < -0.3 is 20.5 Å². The lowest BCUT2D eigenvalue weighted by Gasteiger charge is -2.18. The van der Waals surface area contributed by atoms with Gasteiger partial charge in [0, 0.05) is 49.2 Å². The van der Waals surface area contributed by atoms with Crippen molar-refractivity contribution in [3.05, 3.63) is 35.5 Å². The normalized spacial score (nSPS) is 11.6. The summed E-state index contributed by atoms with van der Waals surface area (Å²) >= 11 is 0. The quantitative estimate of drug-likeness (QED) is 0.469. The van der Waals surface area contributed by atoms with Crippen LogP contribution in [-0.2, 0) is 11.2 Å². The Morgan fingerprint density at radius 2 is 1.89 bits per heavy atom. The summed E-state index contributed by atoms with van der Waals surface area (Å²) < 4.78 is 0. The number of nitrogens with zero attached hydrogens (tertiary/aromatic N) is 2. The molecule has 0 unspecified atom stereocenters. The van der Waals surface area contributed by atoms with Crippen LogP contribution in [0.1, 0.15) is 38.4 Å². The molecule has 0 bridgehead atoms. The van der Waals surface area contributed by atoms with Crippen molar-refractivity contribution in [3.63, 3.8) is 0 Å². The number of carbonyl (C=O) groups excluding carboxylic acids is 1. The van der Waals surface area contributed by atoms with Gasteiger partial charge in [-0.1, -0.05) is 18.2 Å². The summed E-state index contributed by atoms with van der Waals surface area (Å²) in [6, 6.07) is 8.39. The smallest absolute Gasteiger partial charge is 0.224 e. The van der Waals surface area contributed by atoms with Crippen LogP contribution < -0.4 is 10.6 Å². The number of nitrogens with one attached hydrogen (secondary N) is 3. The summed E-state index contributed by atoms with van der Waals surface area (Å²) in [6.07, 6.45) is 1.36. The second-order valence-corrected chi connectivity index (χ2v) is 6.53. The number of rotatable bonds is 9. The largest absolute Gasteiger partial charge is 0.358 e. The third-order valence-corrected chi connectivity index (χ3v) is 4.75. The summed E-state index contributed by atoms with van der Waals surface area (Å²) in [5.74, 6) is 0.927. The molecule has 1 aromatic carbocycles. The van der Waals surface area contributed by atoms with Crippen molar-refractivity contribution in [1.29, 1.82) is 0 Å². The molecular formula is C21H33N5O. The lowest BCUT2D eigenvalue weighted by Crippen LogP contribution is -2.38. The van der Waals surface area contributed by atoms with Crippen molar-refractivity contribution in [1.82, 2.24) is 20.5 Å². The molecule has 148 valence electrons. The Bertz CT molecular complexity index is 761. The van der Waals surface area contributed by atoms with Gasteiger partial charge in [0.15, 0.2) is 5.96 Å². The topological polar surface area (TPSA) is 72.5 Å². The van der Waals surface area contributed by atoms with Gasteiger partial charge in [0.25, 0.3) is 0 Å². The number of guanidine groups is 1. The first-order chi connectivity index (χ1) is 13.1. The van der Waals surface area contributed by atoms with Gasteiger partial charge in [-0.25, -0.2) is 0 Å². The van der Waals surface area contributed by atoms with Gasteiger partial charge in [-0.15, -0.1) is 0 Å². The molecule has 0 saturated carbocycles. The number of aromatic amines is 1. The van der Waals surface area contributed by atoms with Crippen molar-refractivity contribution < 1.29 is 4.79 Å². The number of aromatic nitrogens is 1. The predicted octanol–water partition coefficient (Wildman–Crippen LogP) is 2.83. The highest BCUT2D eigenvalue weighted by Crippen LogP contribution is 2.21. The molecule has 6 nitrogen and oxygen atoms in total. The van der Waals surface area contributed by atoms with Crippen LogP contribution in [0.25, 0.3) is 10.9 Å². The van der Waals surface area contributed by atoms with Gasteiger partial charge in [-0.3, -0.25) is 9.79 Å². The van der Waals surface area contributed by atoms with E-state index >= 15 is 0 Å². The summed E-state index contributed by atoms with van der Waals surface area (Å²) in [5.41, 5.74) is 3.73. The number of H-pyrrole nitrogens is 1. The molecule has 1 amide bonds. The number of aryl methyl sites for hydroxylation is 1. The number of amides is 1. The molecular weight excluding hydrogens is 338 g/mol. The van der Waals surface area contributed by atoms with E-state index in [0.717, 1.165) is 38.6 Å². The van der Waals surface area contributed by atoms with Crippen molar-refractivity contribution >= 4 is 22.8 Å². The average molecular weight is 372 g/mol. The number of carbonyl (C=O) groups is 1. The van der Waals surface area contributed by atoms with Crippen LogP contribution in [0.5, 0.6) is 0 Å². The van der Waals surface area contributed by atoms with Crippen LogP contribution in [-0.4, -0.2) is 54.5 Å². The highest BCUT2D eigenvalue weighted by molar-refractivity contribution is 5.85.